The van der Waals surface area contributed by atoms with Gasteiger partial charge in [0.15, 0.2) is 0 Å². The van der Waals surface area contributed by atoms with E-state index in [0.717, 1.165) is 6.42 Å². The zero-order valence-corrected chi connectivity index (χ0v) is 10.9. The molecule has 0 N–H and O–H groups in total. The molecule has 1 unspecified atom stereocenters. The number of rotatable bonds is 2. The normalized spacial score (nSPS) is 24.7. The number of hydrogen-bond donors (Lipinski definition) is 0. The molecule has 3 heteroatoms. The van der Waals surface area contributed by atoms with Gasteiger partial charge in [-0.25, -0.2) is 0 Å². The Bertz CT molecular complexity index is 332. The van der Waals surface area contributed by atoms with Crippen LogP contribution in [-0.2, 0) is 0 Å². The molecule has 0 bridgehead atoms. The Morgan fingerprint density at radius 2 is 1.71 bits per heavy atom. The summed E-state index contributed by atoms with van der Waals surface area (Å²) in [6.45, 7) is 4.69. The molecule has 1 aliphatic carbocycles. The second kappa shape index (κ2) is 3.26. The van der Waals surface area contributed by atoms with Crippen LogP contribution in [0.3, 0.4) is 0 Å². The van der Waals surface area contributed by atoms with Gasteiger partial charge in [0.05, 0.1) is 8.07 Å². The topological polar surface area (TPSA) is 0 Å². The SMILES string of the molecule is C[Si](C)(c1ccccc1)C1CC1(Cl)Cl. The van der Waals surface area contributed by atoms with Crippen LogP contribution in [0.1, 0.15) is 6.42 Å². The van der Waals surface area contributed by atoms with Crippen molar-refractivity contribution in [2.45, 2.75) is 29.4 Å². The smallest absolute Gasteiger partial charge is 0.102 e. The van der Waals surface area contributed by atoms with E-state index in [1.54, 1.807) is 0 Å². The highest BCUT2D eigenvalue weighted by molar-refractivity contribution is 6.93. The predicted molar refractivity (Wildman–Crippen MR) is 66.4 cm³/mol. The van der Waals surface area contributed by atoms with Crippen molar-refractivity contribution in [2.24, 2.45) is 0 Å². The minimum Gasteiger partial charge on any atom is -0.102 e. The first kappa shape index (κ1) is 10.5. The first-order valence-electron chi connectivity index (χ1n) is 4.88. The molecule has 0 radical (unpaired) electrons. The lowest BCUT2D eigenvalue weighted by molar-refractivity contribution is 1.29. The Morgan fingerprint density at radius 3 is 2.14 bits per heavy atom. The molecule has 76 valence electrons. The van der Waals surface area contributed by atoms with Gasteiger partial charge < -0.3 is 0 Å². The Balaban J connectivity index is 2.26. The van der Waals surface area contributed by atoms with E-state index in [2.05, 4.69) is 43.4 Å². The van der Waals surface area contributed by atoms with E-state index in [1.807, 2.05) is 0 Å². The standard InChI is InChI=1S/C11H14Cl2Si/c1-14(2,10-8-11(10,12)13)9-6-4-3-5-7-9/h3-7,10H,8H2,1-2H3. The van der Waals surface area contributed by atoms with Crippen molar-refractivity contribution in [2.75, 3.05) is 0 Å². The van der Waals surface area contributed by atoms with Gasteiger partial charge in [0, 0.05) is 0 Å². The molecule has 0 aliphatic heterocycles. The van der Waals surface area contributed by atoms with Crippen molar-refractivity contribution in [1.29, 1.82) is 0 Å². The minimum atomic E-state index is -1.44. The van der Waals surface area contributed by atoms with Crippen molar-refractivity contribution in [3.05, 3.63) is 30.3 Å². The van der Waals surface area contributed by atoms with E-state index < -0.39 is 12.4 Å². The molecule has 1 aliphatic rings. The highest BCUT2D eigenvalue weighted by Crippen LogP contribution is 2.62. The Morgan fingerprint density at radius 1 is 1.21 bits per heavy atom. The van der Waals surface area contributed by atoms with Crippen molar-refractivity contribution in [3.63, 3.8) is 0 Å². The van der Waals surface area contributed by atoms with Crippen LogP contribution in [0.5, 0.6) is 0 Å². The molecule has 2 rings (SSSR count). The number of alkyl halides is 2. The summed E-state index contributed by atoms with van der Waals surface area (Å²) in [6, 6.07) is 10.6. The highest BCUT2D eigenvalue weighted by Gasteiger charge is 2.59. The maximum atomic E-state index is 6.14. The van der Waals surface area contributed by atoms with Gasteiger partial charge in [-0.2, -0.15) is 0 Å². The third-order valence-electron chi connectivity index (χ3n) is 3.21. The molecule has 14 heavy (non-hydrogen) atoms. The molecular weight excluding hydrogens is 231 g/mol. The van der Waals surface area contributed by atoms with Crippen molar-refractivity contribution in [3.8, 4) is 0 Å². The Kier molecular flexibility index (Phi) is 2.45. The van der Waals surface area contributed by atoms with Gasteiger partial charge >= 0.3 is 0 Å². The van der Waals surface area contributed by atoms with Crippen LogP contribution in [-0.4, -0.2) is 12.4 Å². The van der Waals surface area contributed by atoms with Crippen molar-refractivity contribution < 1.29 is 0 Å². The zero-order valence-electron chi connectivity index (χ0n) is 8.43. The van der Waals surface area contributed by atoms with Crippen LogP contribution in [0.2, 0.25) is 18.6 Å². The van der Waals surface area contributed by atoms with E-state index in [9.17, 15) is 0 Å². The number of halogens is 2. The van der Waals surface area contributed by atoms with Gasteiger partial charge in [0.25, 0.3) is 0 Å². The van der Waals surface area contributed by atoms with E-state index in [-0.39, 0.29) is 0 Å². The molecule has 0 saturated heterocycles. The molecule has 1 aromatic rings. The predicted octanol–water partition coefficient (Wildman–Crippen LogP) is 3.55. The molecule has 1 atom stereocenters. The maximum Gasteiger partial charge on any atom is 0.119 e. The molecule has 0 heterocycles. The molecular formula is C11H14Cl2Si. The average Bonchev–Trinajstić information content (AvgIpc) is 2.78. The van der Waals surface area contributed by atoms with Gasteiger partial charge in [-0.3, -0.25) is 0 Å². The van der Waals surface area contributed by atoms with Crippen LogP contribution < -0.4 is 5.19 Å². The summed E-state index contributed by atoms with van der Waals surface area (Å²) in [5.41, 5.74) is 0.515. The maximum absolute atomic E-state index is 6.14. The molecule has 1 aromatic carbocycles. The summed E-state index contributed by atoms with van der Waals surface area (Å²) >= 11 is 12.3. The van der Waals surface area contributed by atoms with Crippen LogP contribution in [0, 0.1) is 0 Å². The van der Waals surface area contributed by atoms with E-state index >= 15 is 0 Å². The summed E-state index contributed by atoms with van der Waals surface area (Å²) in [4.78, 5) is 0. The summed E-state index contributed by atoms with van der Waals surface area (Å²) in [5.74, 6) is 0. The fourth-order valence-corrected chi connectivity index (χ4v) is 7.61. The fourth-order valence-electron chi connectivity index (χ4n) is 2.07. The molecule has 1 saturated carbocycles. The molecule has 0 amide bonds. The van der Waals surface area contributed by atoms with Crippen LogP contribution in [0.15, 0.2) is 30.3 Å². The van der Waals surface area contributed by atoms with E-state index in [0.29, 0.717) is 5.54 Å². The second-order valence-corrected chi connectivity index (χ2v) is 10.9. The van der Waals surface area contributed by atoms with Gasteiger partial charge in [-0.15, -0.1) is 23.2 Å². The first-order chi connectivity index (χ1) is 6.44. The lowest BCUT2D eigenvalue weighted by atomic mass is 10.4. The lowest BCUT2D eigenvalue weighted by Crippen LogP contribution is -2.43. The van der Waals surface area contributed by atoms with Crippen LogP contribution in [0.25, 0.3) is 0 Å². The summed E-state index contributed by atoms with van der Waals surface area (Å²) in [7, 11) is -1.44. The van der Waals surface area contributed by atoms with E-state index in [1.165, 1.54) is 5.19 Å². The summed E-state index contributed by atoms with van der Waals surface area (Å²) in [5, 5.41) is 1.45. The van der Waals surface area contributed by atoms with Gasteiger partial charge in [0.1, 0.15) is 4.33 Å². The zero-order chi connectivity index (χ0) is 10.4. The molecule has 1 fully saturated rings. The summed E-state index contributed by atoms with van der Waals surface area (Å²) in [6.07, 6.45) is 0.963. The van der Waals surface area contributed by atoms with Gasteiger partial charge in [0.2, 0.25) is 0 Å². The Labute approximate surface area is 96.2 Å². The van der Waals surface area contributed by atoms with Crippen molar-refractivity contribution >= 4 is 36.5 Å². The van der Waals surface area contributed by atoms with E-state index in [4.69, 9.17) is 23.2 Å². The quantitative estimate of drug-likeness (QED) is 0.552. The Hall–Kier alpha value is 0.0169. The number of benzene rings is 1. The van der Waals surface area contributed by atoms with Gasteiger partial charge in [-0.05, 0) is 12.0 Å². The summed E-state index contributed by atoms with van der Waals surface area (Å²) < 4.78 is -0.439. The third-order valence-corrected chi connectivity index (χ3v) is 8.68. The first-order valence-corrected chi connectivity index (χ1v) is 8.71. The molecule has 0 aromatic heterocycles. The average molecular weight is 245 g/mol. The van der Waals surface area contributed by atoms with Gasteiger partial charge in [-0.1, -0.05) is 48.6 Å². The molecule has 0 spiro atoms. The largest absolute Gasteiger partial charge is 0.119 e. The van der Waals surface area contributed by atoms with Crippen LogP contribution in [0.4, 0.5) is 0 Å². The van der Waals surface area contributed by atoms with Crippen molar-refractivity contribution in [1.82, 2.24) is 0 Å². The van der Waals surface area contributed by atoms with Crippen LogP contribution >= 0.6 is 23.2 Å². The monoisotopic (exact) mass is 244 g/mol. The second-order valence-electron chi connectivity index (χ2n) is 4.61. The molecule has 0 nitrogen and oxygen atoms in total. The minimum absolute atomic E-state index is 0.439. The number of hydrogen-bond acceptors (Lipinski definition) is 0. The lowest BCUT2D eigenvalue weighted by Gasteiger charge is -2.23. The fraction of sp³-hybridized carbons (Fsp3) is 0.455. The third kappa shape index (κ3) is 1.73. The highest BCUT2D eigenvalue weighted by atomic mass is 35.5.